The van der Waals surface area contributed by atoms with Crippen molar-refractivity contribution in [3.05, 3.63) is 29.3 Å². The number of phenols is 1. The lowest BCUT2D eigenvalue weighted by Gasteiger charge is -2.30. The minimum absolute atomic E-state index is 0.0819. The zero-order valence-electron chi connectivity index (χ0n) is 11.6. The Hall–Kier alpha value is -1.55. The quantitative estimate of drug-likeness (QED) is 0.780. The predicted octanol–water partition coefficient (Wildman–Crippen LogP) is 2.00. The van der Waals surface area contributed by atoms with Crippen LogP contribution in [0.1, 0.15) is 47.5 Å². The summed E-state index contributed by atoms with van der Waals surface area (Å²) in [6.45, 7) is 0. The molecule has 2 unspecified atom stereocenters. The fourth-order valence-corrected chi connectivity index (χ4v) is 2.96. The van der Waals surface area contributed by atoms with Crippen molar-refractivity contribution in [1.82, 2.24) is 10.6 Å². The second-order valence-corrected chi connectivity index (χ2v) is 5.20. The van der Waals surface area contributed by atoms with Crippen LogP contribution in [0.4, 0.5) is 0 Å². The van der Waals surface area contributed by atoms with Crippen LogP contribution in [0.15, 0.2) is 18.2 Å². The Bertz CT molecular complexity index is 459. The van der Waals surface area contributed by atoms with Gasteiger partial charge in [0.1, 0.15) is 5.75 Å². The standard InChI is InChI=1S/C15H22N2O2/c1-16-11-5-3-4-10(8-11)14-9-12(18)6-7-13(14)15(19)17-2/h6-7,9-11,16,18H,3-5,8H2,1-2H3,(H,17,19). The van der Waals surface area contributed by atoms with Crippen LogP contribution < -0.4 is 10.6 Å². The lowest BCUT2D eigenvalue weighted by atomic mass is 9.79. The van der Waals surface area contributed by atoms with Gasteiger partial charge in [0.15, 0.2) is 0 Å². The van der Waals surface area contributed by atoms with Crippen molar-refractivity contribution in [3.63, 3.8) is 0 Å². The molecule has 0 bridgehead atoms. The van der Waals surface area contributed by atoms with Crippen LogP contribution in [0.3, 0.4) is 0 Å². The van der Waals surface area contributed by atoms with Crippen molar-refractivity contribution in [2.24, 2.45) is 0 Å². The number of benzene rings is 1. The van der Waals surface area contributed by atoms with E-state index in [9.17, 15) is 9.90 Å². The third-order valence-corrected chi connectivity index (χ3v) is 4.03. The lowest BCUT2D eigenvalue weighted by molar-refractivity contribution is 0.0961. The highest BCUT2D eigenvalue weighted by Crippen LogP contribution is 2.36. The molecule has 4 heteroatoms. The van der Waals surface area contributed by atoms with Crippen LogP contribution in [-0.4, -0.2) is 31.2 Å². The van der Waals surface area contributed by atoms with Gasteiger partial charge in [-0.25, -0.2) is 0 Å². The molecule has 19 heavy (non-hydrogen) atoms. The van der Waals surface area contributed by atoms with E-state index in [4.69, 9.17) is 0 Å². The molecule has 0 aliphatic heterocycles. The summed E-state index contributed by atoms with van der Waals surface area (Å²) in [5.41, 5.74) is 1.65. The van der Waals surface area contributed by atoms with Crippen LogP contribution in [0.2, 0.25) is 0 Å². The topological polar surface area (TPSA) is 61.4 Å². The summed E-state index contributed by atoms with van der Waals surface area (Å²) in [6.07, 6.45) is 4.43. The molecule has 1 aliphatic rings. The predicted molar refractivity (Wildman–Crippen MR) is 75.6 cm³/mol. The highest BCUT2D eigenvalue weighted by molar-refractivity contribution is 5.95. The maximum absolute atomic E-state index is 11.9. The van der Waals surface area contributed by atoms with Crippen molar-refractivity contribution < 1.29 is 9.90 Å². The molecular formula is C15H22N2O2. The van der Waals surface area contributed by atoms with Crippen molar-refractivity contribution >= 4 is 5.91 Å². The first-order valence-corrected chi connectivity index (χ1v) is 6.88. The van der Waals surface area contributed by atoms with E-state index >= 15 is 0 Å². The fraction of sp³-hybridized carbons (Fsp3) is 0.533. The first-order chi connectivity index (χ1) is 9.15. The molecule has 1 saturated carbocycles. The molecule has 1 aromatic rings. The van der Waals surface area contributed by atoms with Gasteiger partial charge in [-0.1, -0.05) is 6.42 Å². The third kappa shape index (κ3) is 3.07. The summed E-state index contributed by atoms with van der Waals surface area (Å²) in [5.74, 6) is 0.487. The van der Waals surface area contributed by atoms with Gasteiger partial charge in [-0.05, 0) is 56.0 Å². The zero-order chi connectivity index (χ0) is 13.8. The van der Waals surface area contributed by atoms with Crippen LogP contribution in [0.25, 0.3) is 0 Å². The third-order valence-electron chi connectivity index (χ3n) is 4.03. The van der Waals surface area contributed by atoms with Gasteiger partial charge in [0.25, 0.3) is 5.91 Å². The Morgan fingerprint density at radius 1 is 1.32 bits per heavy atom. The molecule has 0 aromatic heterocycles. The average Bonchev–Trinajstić information content (AvgIpc) is 2.46. The first-order valence-electron chi connectivity index (χ1n) is 6.88. The molecule has 0 saturated heterocycles. The minimum Gasteiger partial charge on any atom is -0.508 e. The van der Waals surface area contributed by atoms with E-state index < -0.39 is 0 Å². The Labute approximate surface area is 114 Å². The van der Waals surface area contributed by atoms with E-state index in [1.807, 2.05) is 7.05 Å². The zero-order valence-corrected chi connectivity index (χ0v) is 11.6. The Kier molecular flexibility index (Phi) is 4.43. The number of nitrogens with one attached hydrogen (secondary N) is 2. The van der Waals surface area contributed by atoms with Gasteiger partial charge in [-0.3, -0.25) is 4.79 Å². The lowest BCUT2D eigenvalue weighted by Crippen LogP contribution is -2.31. The second-order valence-electron chi connectivity index (χ2n) is 5.20. The van der Waals surface area contributed by atoms with E-state index in [0.29, 0.717) is 17.5 Å². The first kappa shape index (κ1) is 13.9. The summed E-state index contributed by atoms with van der Waals surface area (Å²) in [4.78, 5) is 11.9. The van der Waals surface area contributed by atoms with E-state index in [0.717, 1.165) is 24.8 Å². The molecule has 3 N–H and O–H groups in total. The SMILES string of the molecule is CNC(=O)c1ccc(O)cc1C1CCCC(NC)C1. The van der Waals surface area contributed by atoms with E-state index in [-0.39, 0.29) is 11.7 Å². The fourth-order valence-electron chi connectivity index (χ4n) is 2.96. The molecule has 0 radical (unpaired) electrons. The normalized spacial score (nSPS) is 23.1. The number of hydrogen-bond donors (Lipinski definition) is 3. The molecule has 1 fully saturated rings. The van der Waals surface area contributed by atoms with E-state index in [1.54, 1.807) is 25.2 Å². The summed E-state index contributed by atoms with van der Waals surface area (Å²) >= 11 is 0. The highest BCUT2D eigenvalue weighted by Gasteiger charge is 2.25. The van der Waals surface area contributed by atoms with Gasteiger partial charge in [-0.15, -0.1) is 0 Å². The molecule has 0 spiro atoms. The minimum atomic E-state index is -0.0819. The van der Waals surface area contributed by atoms with Crippen molar-refractivity contribution in [3.8, 4) is 5.75 Å². The van der Waals surface area contributed by atoms with Crippen LogP contribution in [0.5, 0.6) is 5.75 Å². The van der Waals surface area contributed by atoms with Crippen LogP contribution >= 0.6 is 0 Å². The molecular weight excluding hydrogens is 240 g/mol. The Balaban J connectivity index is 2.31. The van der Waals surface area contributed by atoms with Gasteiger partial charge in [-0.2, -0.15) is 0 Å². The van der Waals surface area contributed by atoms with Crippen molar-refractivity contribution in [2.75, 3.05) is 14.1 Å². The molecule has 1 aromatic carbocycles. The molecule has 1 amide bonds. The number of rotatable bonds is 3. The molecule has 2 rings (SSSR count). The summed E-state index contributed by atoms with van der Waals surface area (Å²) in [7, 11) is 3.62. The van der Waals surface area contributed by atoms with E-state index in [2.05, 4.69) is 10.6 Å². The number of phenolic OH excluding ortho intramolecular Hbond substituents is 1. The number of aromatic hydroxyl groups is 1. The van der Waals surface area contributed by atoms with Gasteiger partial charge in [0.2, 0.25) is 0 Å². The van der Waals surface area contributed by atoms with Crippen molar-refractivity contribution in [1.29, 1.82) is 0 Å². The second kappa shape index (κ2) is 6.06. The van der Waals surface area contributed by atoms with Gasteiger partial charge < -0.3 is 15.7 Å². The summed E-state index contributed by atoms with van der Waals surface area (Å²) in [5, 5.41) is 15.7. The Morgan fingerprint density at radius 3 is 2.79 bits per heavy atom. The highest BCUT2D eigenvalue weighted by atomic mass is 16.3. The largest absolute Gasteiger partial charge is 0.508 e. The van der Waals surface area contributed by atoms with Crippen LogP contribution in [-0.2, 0) is 0 Å². The summed E-state index contributed by atoms with van der Waals surface area (Å²) < 4.78 is 0. The molecule has 2 atom stereocenters. The molecule has 104 valence electrons. The molecule has 1 aliphatic carbocycles. The monoisotopic (exact) mass is 262 g/mol. The number of amides is 1. The maximum atomic E-state index is 11.9. The van der Waals surface area contributed by atoms with Gasteiger partial charge in [0.05, 0.1) is 0 Å². The van der Waals surface area contributed by atoms with Crippen molar-refractivity contribution in [2.45, 2.75) is 37.6 Å². The number of carbonyl (C=O) groups is 1. The number of hydrogen-bond acceptors (Lipinski definition) is 3. The Morgan fingerprint density at radius 2 is 2.11 bits per heavy atom. The van der Waals surface area contributed by atoms with Gasteiger partial charge >= 0.3 is 0 Å². The molecule has 0 heterocycles. The van der Waals surface area contributed by atoms with Gasteiger partial charge in [0, 0.05) is 18.7 Å². The average molecular weight is 262 g/mol. The number of carbonyl (C=O) groups excluding carboxylic acids is 1. The smallest absolute Gasteiger partial charge is 0.251 e. The summed E-state index contributed by atoms with van der Waals surface area (Å²) in [6, 6.07) is 5.53. The maximum Gasteiger partial charge on any atom is 0.251 e. The molecule has 4 nitrogen and oxygen atoms in total. The van der Waals surface area contributed by atoms with Crippen LogP contribution in [0, 0.1) is 0 Å². The van der Waals surface area contributed by atoms with E-state index in [1.165, 1.54) is 6.42 Å².